The molecule has 1 heterocycles. The van der Waals surface area contributed by atoms with Gasteiger partial charge in [0.1, 0.15) is 11.2 Å². The first-order valence-corrected chi connectivity index (χ1v) is 33.9. The van der Waals surface area contributed by atoms with Gasteiger partial charge in [0.15, 0.2) is 0 Å². The Morgan fingerprint density at radius 1 is 0.274 bits per heavy atom. The molecule has 3 aliphatic carbocycles. The van der Waals surface area contributed by atoms with Crippen LogP contribution >= 0.6 is 0 Å². The summed E-state index contributed by atoms with van der Waals surface area (Å²) >= 11 is 0. The van der Waals surface area contributed by atoms with Crippen LogP contribution in [0.15, 0.2) is 290 Å². The van der Waals surface area contributed by atoms with Crippen LogP contribution in [0.3, 0.4) is 0 Å². The second kappa shape index (κ2) is 21.2. The van der Waals surface area contributed by atoms with Gasteiger partial charge in [-0.1, -0.05) is 300 Å². The standard InChI is InChI=1S/C93H77NO/c1-89(2,3)67-42-47-77-78-48-43-68(90(4,5)6)55-86(78)93(85(77)54-67,65-38-33-59(34-39-65)58-21-12-11-13-22-58)66-40-35-60(36-41-66)72-29-20-30-80-79-46-37-64(53-87(79)95-88(72)80)62-24-18-23-61(51-62)63-25-19-26-69(52-63)94(70-44-49-75-73-27-14-16-31-81(73)91(7,8)83(75)56-70)71-45-50-76-74-28-15-17-32-82(74)92(9,10)84(76)57-71/h11-57H,1-10H3. The minimum Gasteiger partial charge on any atom is -0.455 e. The van der Waals surface area contributed by atoms with E-state index in [2.05, 4.69) is 359 Å². The summed E-state index contributed by atoms with van der Waals surface area (Å²) in [6.07, 6.45) is 0. The first-order valence-electron chi connectivity index (χ1n) is 33.9. The molecule has 0 unspecified atom stereocenters. The highest BCUT2D eigenvalue weighted by molar-refractivity contribution is 6.10. The summed E-state index contributed by atoms with van der Waals surface area (Å²) in [5.74, 6) is 0. The monoisotopic (exact) mass is 1220 g/mol. The maximum absolute atomic E-state index is 7.10. The molecule has 14 aromatic rings. The Hall–Kier alpha value is -10.5. The molecule has 1 aromatic heterocycles. The van der Waals surface area contributed by atoms with Crippen LogP contribution in [-0.2, 0) is 27.1 Å². The molecule has 0 fully saturated rings. The predicted molar refractivity (Wildman–Crippen MR) is 400 cm³/mol. The van der Waals surface area contributed by atoms with Crippen LogP contribution in [0.5, 0.6) is 0 Å². The van der Waals surface area contributed by atoms with Gasteiger partial charge < -0.3 is 9.32 Å². The highest BCUT2D eigenvalue weighted by Gasteiger charge is 2.47. The highest BCUT2D eigenvalue weighted by Crippen LogP contribution is 2.59. The van der Waals surface area contributed by atoms with Crippen molar-refractivity contribution >= 4 is 39.0 Å². The Morgan fingerprint density at radius 2 is 0.684 bits per heavy atom. The Bertz CT molecular complexity index is 5260. The van der Waals surface area contributed by atoms with Crippen molar-refractivity contribution < 1.29 is 4.42 Å². The number of furan rings is 1. The van der Waals surface area contributed by atoms with Crippen molar-refractivity contribution in [3.05, 3.63) is 341 Å². The van der Waals surface area contributed by atoms with Crippen molar-refractivity contribution in [1.29, 1.82) is 0 Å². The number of para-hydroxylation sites is 1. The van der Waals surface area contributed by atoms with Crippen molar-refractivity contribution in [2.24, 2.45) is 0 Å². The topological polar surface area (TPSA) is 16.4 Å². The normalized spacial score (nSPS) is 14.5. The van der Waals surface area contributed by atoms with E-state index in [0.29, 0.717) is 0 Å². The van der Waals surface area contributed by atoms with Crippen LogP contribution in [0.4, 0.5) is 17.1 Å². The average molecular weight is 1220 g/mol. The summed E-state index contributed by atoms with van der Waals surface area (Å²) in [4.78, 5) is 2.48. The maximum Gasteiger partial charge on any atom is 0.143 e. The maximum atomic E-state index is 7.10. The molecule has 0 saturated heterocycles. The van der Waals surface area contributed by atoms with Crippen LogP contribution in [-0.4, -0.2) is 0 Å². The molecule has 2 heteroatoms. The molecule has 3 aliphatic rings. The molecule has 0 bridgehead atoms. The van der Waals surface area contributed by atoms with E-state index in [1.54, 1.807) is 0 Å². The molecule has 0 atom stereocenters. The fourth-order valence-corrected chi connectivity index (χ4v) is 16.5. The number of rotatable bonds is 9. The summed E-state index contributed by atoms with van der Waals surface area (Å²) in [5, 5.41) is 2.21. The van der Waals surface area contributed by atoms with Crippen LogP contribution in [0, 0.1) is 0 Å². The molecule has 0 saturated carbocycles. The molecular formula is C93H77NO. The Kier molecular flexibility index (Phi) is 13.0. The fraction of sp³-hybridized carbons (Fsp3) is 0.161. The molecule has 13 aromatic carbocycles. The lowest BCUT2D eigenvalue weighted by molar-refractivity contribution is 0.586. The van der Waals surface area contributed by atoms with Gasteiger partial charge in [-0.2, -0.15) is 0 Å². The number of nitrogens with zero attached hydrogens (tertiary/aromatic N) is 1. The highest BCUT2D eigenvalue weighted by atomic mass is 16.3. The molecule has 17 rings (SSSR count). The minimum absolute atomic E-state index is 0.0488. The summed E-state index contributed by atoms with van der Waals surface area (Å²) in [6.45, 7) is 23.5. The van der Waals surface area contributed by atoms with E-state index in [1.165, 1.54) is 100 Å². The van der Waals surface area contributed by atoms with Crippen molar-refractivity contribution in [3.63, 3.8) is 0 Å². The molecule has 0 radical (unpaired) electrons. The second-order valence-corrected chi connectivity index (χ2v) is 30.1. The number of anilines is 3. The first kappa shape index (κ1) is 58.3. The van der Waals surface area contributed by atoms with Crippen molar-refractivity contribution in [2.45, 2.75) is 96.3 Å². The van der Waals surface area contributed by atoms with Gasteiger partial charge in [0.05, 0.1) is 5.41 Å². The summed E-state index contributed by atoms with van der Waals surface area (Å²) < 4.78 is 7.10. The second-order valence-electron chi connectivity index (χ2n) is 30.1. The molecule has 95 heavy (non-hydrogen) atoms. The van der Waals surface area contributed by atoms with Gasteiger partial charge in [-0.15, -0.1) is 0 Å². The van der Waals surface area contributed by atoms with Gasteiger partial charge in [-0.3, -0.25) is 0 Å². The van der Waals surface area contributed by atoms with Crippen LogP contribution < -0.4 is 4.90 Å². The zero-order valence-corrected chi connectivity index (χ0v) is 56.0. The van der Waals surface area contributed by atoms with Crippen molar-refractivity contribution in [2.75, 3.05) is 4.90 Å². The quantitative estimate of drug-likeness (QED) is 0.143. The molecule has 0 amide bonds. The van der Waals surface area contributed by atoms with Gasteiger partial charge in [-0.05, 0) is 193 Å². The number of fused-ring (bicyclic) bond motifs is 12. The number of hydrogen-bond donors (Lipinski definition) is 0. The van der Waals surface area contributed by atoms with E-state index in [1.807, 2.05) is 0 Å². The van der Waals surface area contributed by atoms with E-state index in [9.17, 15) is 0 Å². The van der Waals surface area contributed by atoms with Gasteiger partial charge >= 0.3 is 0 Å². The third kappa shape index (κ3) is 9.12. The Labute approximate surface area is 559 Å². The van der Waals surface area contributed by atoms with E-state index in [4.69, 9.17) is 4.42 Å². The third-order valence-corrected chi connectivity index (χ3v) is 21.7. The lowest BCUT2D eigenvalue weighted by Gasteiger charge is -2.36. The molecular weight excluding hydrogens is 1150 g/mol. The molecule has 2 nitrogen and oxygen atoms in total. The van der Waals surface area contributed by atoms with Crippen molar-refractivity contribution in [1.82, 2.24) is 0 Å². The zero-order valence-electron chi connectivity index (χ0n) is 56.0. The smallest absolute Gasteiger partial charge is 0.143 e. The molecule has 0 N–H and O–H groups in total. The fourth-order valence-electron chi connectivity index (χ4n) is 16.5. The summed E-state index contributed by atoms with van der Waals surface area (Å²) in [7, 11) is 0. The van der Waals surface area contributed by atoms with Crippen LogP contribution in [0.1, 0.15) is 125 Å². The van der Waals surface area contributed by atoms with E-state index in [-0.39, 0.29) is 21.7 Å². The SMILES string of the molecule is CC(C)(C)c1ccc2c(c1)C(c1ccc(-c3ccccc3)cc1)(c1ccc(-c3cccc4c3oc3cc(-c5cccc(-c6cccc(N(c7ccc8c(c7)C(C)(C)c7ccccc7-8)c7ccc8c(c7)C(C)(C)c7ccccc7-8)c6)c5)ccc34)cc1)c1cc(C(C)(C)C)ccc1-2. The van der Waals surface area contributed by atoms with Gasteiger partial charge in [0, 0.05) is 44.2 Å². The van der Waals surface area contributed by atoms with Crippen LogP contribution in [0.2, 0.25) is 0 Å². The third-order valence-electron chi connectivity index (χ3n) is 21.7. The lowest BCUT2D eigenvalue weighted by atomic mass is 9.66. The molecule has 0 aliphatic heterocycles. The molecule has 460 valence electrons. The predicted octanol–water partition coefficient (Wildman–Crippen LogP) is 25.3. The largest absolute Gasteiger partial charge is 0.455 e. The van der Waals surface area contributed by atoms with E-state index < -0.39 is 5.41 Å². The first-order chi connectivity index (χ1) is 45.8. The van der Waals surface area contributed by atoms with Crippen molar-refractivity contribution in [3.8, 4) is 77.9 Å². The Balaban J connectivity index is 0.737. The van der Waals surface area contributed by atoms with Gasteiger partial charge in [-0.25, -0.2) is 0 Å². The Morgan fingerprint density at radius 3 is 1.24 bits per heavy atom. The average Bonchev–Trinajstić information content (AvgIpc) is 1.55. The number of benzene rings is 13. The van der Waals surface area contributed by atoms with Crippen LogP contribution in [0.25, 0.3) is 99.8 Å². The zero-order chi connectivity index (χ0) is 64.9. The summed E-state index contributed by atoms with van der Waals surface area (Å²) in [5.41, 5.74) is 34.4. The molecule has 0 spiro atoms. The lowest BCUT2D eigenvalue weighted by Crippen LogP contribution is -2.29. The van der Waals surface area contributed by atoms with E-state index in [0.717, 1.165) is 72.4 Å². The van der Waals surface area contributed by atoms with E-state index >= 15 is 0 Å². The number of hydrogen-bond acceptors (Lipinski definition) is 2. The minimum atomic E-state index is -0.592. The van der Waals surface area contributed by atoms with Gasteiger partial charge in [0.25, 0.3) is 0 Å². The summed E-state index contributed by atoms with van der Waals surface area (Å²) in [6, 6.07) is 108. The van der Waals surface area contributed by atoms with Gasteiger partial charge in [0.2, 0.25) is 0 Å².